The van der Waals surface area contributed by atoms with Crippen molar-refractivity contribution in [2.75, 3.05) is 33.9 Å². The van der Waals surface area contributed by atoms with E-state index in [2.05, 4.69) is 5.32 Å². The molecule has 1 saturated heterocycles. The van der Waals surface area contributed by atoms with Crippen molar-refractivity contribution in [3.63, 3.8) is 0 Å². The first-order chi connectivity index (χ1) is 5.33. The van der Waals surface area contributed by atoms with Gasteiger partial charge in [-0.05, 0) is 19.9 Å². The van der Waals surface area contributed by atoms with Gasteiger partial charge in [0.15, 0.2) is 0 Å². The zero-order valence-corrected chi connectivity index (χ0v) is 7.35. The van der Waals surface area contributed by atoms with Gasteiger partial charge in [-0.1, -0.05) is 0 Å². The predicted octanol–water partition coefficient (Wildman–Crippen LogP) is 0.401. The summed E-state index contributed by atoms with van der Waals surface area (Å²) in [6, 6.07) is 0. The molecule has 0 aromatic rings. The lowest BCUT2D eigenvalue weighted by Gasteiger charge is -2.35. The quantitative estimate of drug-likeness (QED) is 0.646. The largest absolute Gasteiger partial charge is 0.378 e. The Morgan fingerprint density at radius 3 is 2.91 bits per heavy atom. The topological polar surface area (TPSA) is 30.5 Å². The van der Waals surface area contributed by atoms with Crippen molar-refractivity contribution in [1.29, 1.82) is 0 Å². The molecular weight excluding hydrogens is 142 g/mol. The van der Waals surface area contributed by atoms with Crippen LogP contribution in [0.25, 0.3) is 0 Å². The van der Waals surface area contributed by atoms with Crippen molar-refractivity contribution in [2.45, 2.75) is 18.4 Å². The van der Waals surface area contributed by atoms with Gasteiger partial charge in [-0.25, -0.2) is 0 Å². The SMILES string of the molecule is CNCC1(OC)CCCOC1. The van der Waals surface area contributed by atoms with Gasteiger partial charge in [0.2, 0.25) is 0 Å². The Balaban J connectivity index is 2.42. The highest BCUT2D eigenvalue weighted by Crippen LogP contribution is 2.21. The lowest BCUT2D eigenvalue weighted by atomic mass is 9.96. The summed E-state index contributed by atoms with van der Waals surface area (Å²) in [5, 5.41) is 3.12. The van der Waals surface area contributed by atoms with Gasteiger partial charge in [0.05, 0.1) is 6.61 Å². The fourth-order valence-corrected chi connectivity index (χ4v) is 1.52. The van der Waals surface area contributed by atoms with Gasteiger partial charge in [-0.3, -0.25) is 0 Å². The van der Waals surface area contributed by atoms with Gasteiger partial charge in [-0.15, -0.1) is 0 Å². The smallest absolute Gasteiger partial charge is 0.103 e. The molecule has 0 bridgehead atoms. The lowest BCUT2D eigenvalue weighted by Crippen LogP contribution is -2.47. The van der Waals surface area contributed by atoms with Crippen LogP contribution >= 0.6 is 0 Å². The number of nitrogens with one attached hydrogen (secondary N) is 1. The fourth-order valence-electron chi connectivity index (χ4n) is 1.52. The highest BCUT2D eigenvalue weighted by atomic mass is 16.5. The first-order valence-corrected chi connectivity index (χ1v) is 4.10. The van der Waals surface area contributed by atoms with Crippen LogP contribution in [0.4, 0.5) is 0 Å². The van der Waals surface area contributed by atoms with Gasteiger partial charge in [0.1, 0.15) is 5.60 Å². The normalized spacial score (nSPS) is 32.2. The van der Waals surface area contributed by atoms with Crippen molar-refractivity contribution < 1.29 is 9.47 Å². The van der Waals surface area contributed by atoms with E-state index in [1.807, 2.05) is 7.05 Å². The Kier molecular flexibility index (Phi) is 3.30. The van der Waals surface area contributed by atoms with E-state index < -0.39 is 0 Å². The standard InChI is InChI=1S/C8H17NO2/c1-9-6-8(10-2)4-3-5-11-7-8/h9H,3-7H2,1-2H3. The van der Waals surface area contributed by atoms with Gasteiger partial charge in [0, 0.05) is 20.3 Å². The van der Waals surface area contributed by atoms with Gasteiger partial charge in [0.25, 0.3) is 0 Å². The Labute approximate surface area is 68.1 Å². The molecule has 0 radical (unpaired) electrons. The Morgan fingerprint density at radius 2 is 2.45 bits per heavy atom. The zero-order valence-electron chi connectivity index (χ0n) is 7.35. The minimum atomic E-state index is -0.0625. The Hall–Kier alpha value is -0.120. The predicted molar refractivity (Wildman–Crippen MR) is 43.7 cm³/mol. The second kappa shape index (κ2) is 4.04. The molecule has 1 atom stereocenters. The van der Waals surface area contributed by atoms with E-state index in [9.17, 15) is 0 Å². The molecule has 0 aliphatic carbocycles. The molecule has 0 spiro atoms. The summed E-state index contributed by atoms with van der Waals surface area (Å²) >= 11 is 0. The molecule has 1 heterocycles. The van der Waals surface area contributed by atoms with Crippen LogP contribution < -0.4 is 5.32 Å². The summed E-state index contributed by atoms with van der Waals surface area (Å²) in [7, 11) is 3.70. The number of rotatable bonds is 3. The van der Waals surface area contributed by atoms with E-state index in [1.54, 1.807) is 7.11 Å². The number of likely N-dealkylation sites (N-methyl/N-ethyl adjacent to an activating group) is 1. The maximum atomic E-state index is 5.43. The maximum Gasteiger partial charge on any atom is 0.103 e. The molecule has 1 fully saturated rings. The summed E-state index contributed by atoms with van der Waals surface area (Å²) in [5.41, 5.74) is -0.0625. The van der Waals surface area contributed by atoms with Crippen LogP contribution in [0.1, 0.15) is 12.8 Å². The molecule has 1 rings (SSSR count). The average molecular weight is 159 g/mol. The van der Waals surface area contributed by atoms with Gasteiger partial charge < -0.3 is 14.8 Å². The molecule has 0 saturated carbocycles. The van der Waals surface area contributed by atoms with Crippen molar-refractivity contribution in [2.24, 2.45) is 0 Å². The van der Waals surface area contributed by atoms with Crippen LogP contribution in [0.5, 0.6) is 0 Å². The third-order valence-electron chi connectivity index (χ3n) is 2.22. The van der Waals surface area contributed by atoms with Crippen molar-refractivity contribution >= 4 is 0 Å². The van der Waals surface area contributed by atoms with Crippen molar-refractivity contribution in [1.82, 2.24) is 5.32 Å². The summed E-state index contributed by atoms with van der Waals surface area (Å²) in [4.78, 5) is 0. The summed E-state index contributed by atoms with van der Waals surface area (Å²) in [6.45, 7) is 2.49. The molecule has 0 aromatic heterocycles. The minimum Gasteiger partial charge on any atom is -0.378 e. The highest BCUT2D eigenvalue weighted by molar-refractivity contribution is 4.84. The molecule has 11 heavy (non-hydrogen) atoms. The van der Waals surface area contributed by atoms with Crippen LogP contribution in [0.3, 0.4) is 0 Å². The van der Waals surface area contributed by atoms with Crippen LogP contribution in [-0.4, -0.2) is 39.5 Å². The van der Waals surface area contributed by atoms with Crippen LogP contribution in [0, 0.1) is 0 Å². The summed E-state index contributed by atoms with van der Waals surface area (Å²) < 4.78 is 10.8. The number of hydrogen-bond acceptors (Lipinski definition) is 3. The van der Waals surface area contributed by atoms with Crippen LogP contribution in [0.15, 0.2) is 0 Å². The zero-order chi connectivity index (χ0) is 8.16. The first-order valence-electron chi connectivity index (χ1n) is 4.10. The lowest BCUT2D eigenvalue weighted by molar-refractivity contribution is -0.106. The molecule has 0 aromatic carbocycles. The number of ether oxygens (including phenoxy) is 2. The molecule has 1 N–H and O–H groups in total. The fraction of sp³-hybridized carbons (Fsp3) is 1.00. The van der Waals surface area contributed by atoms with Crippen molar-refractivity contribution in [3.8, 4) is 0 Å². The molecule has 3 nitrogen and oxygen atoms in total. The van der Waals surface area contributed by atoms with E-state index in [4.69, 9.17) is 9.47 Å². The number of hydrogen-bond donors (Lipinski definition) is 1. The van der Waals surface area contributed by atoms with Crippen LogP contribution in [-0.2, 0) is 9.47 Å². The van der Waals surface area contributed by atoms with Gasteiger partial charge in [-0.2, -0.15) is 0 Å². The molecule has 1 aliphatic rings. The molecule has 3 heteroatoms. The van der Waals surface area contributed by atoms with Gasteiger partial charge >= 0.3 is 0 Å². The summed E-state index contributed by atoms with van der Waals surface area (Å²) in [6.07, 6.45) is 2.21. The van der Waals surface area contributed by atoms with E-state index in [0.717, 1.165) is 32.6 Å². The van der Waals surface area contributed by atoms with E-state index in [1.165, 1.54) is 0 Å². The number of methoxy groups -OCH3 is 1. The first kappa shape index (κ1) is 8.97. The third kappa shape index (κ3) is 2.15. The average Bonchev–Trinajstić information content (AvgIpc) is 2.07. The van der Waals surface area contributed by atoms with E-state index >= 15 is 0 Å². The molecule has 0 amide bonds. The molecular formula is C8H17NO2. The minimum absolute atomic E-state index is 0.0625. The second-order valence-corrected chi connectivity index (χ2v) is 3.07. The Morgan fingerprint density at radius 1 is 1.64 bits per heavy atom. The molecule has 1 unspecified atom stereocenters. The molecule has 1 aliphatic heterocycles. The van der Waals surface area contributed by atoms with E-state index in [-0.39, 0.29) is 5.60 Å². The van der Waals surface area contributed by atoms with Crippen molar-refractivity contribution in [3.05, 3.63) is 0 Å². The maximum absolute atomic E-state index is 5.43. The second-order valence-electron chi connectivity index (χ2n) is 3.07. The van der Waals surface area contributed by atoms with Crippen LogP contribution in [0.2, 0.25) is 0 Å². The monoisotopic (exact) mass is 159 g/mol. The summed E-state index contributed by atoms with van der Waals surface area (Å²) in [5.74, 6) is 0. The Bertz CT molecular complexity index is 105. The highest BCUT2D eigenvalue weighted by Gasteiger charge is 2.31. The van der Waals surface area contributed by atoms with E-state index in [0.29, 0.717) is 0 Å². The third-order valence-corrected chi connectivity index (χ3v) is 2.22. The molecule has 66 valence electrons.